The number of carbonyl (C=O) groups is 1. The number of nitrogens with zero attached hydrogens (tertiary/aromatic N) is 2. The summed E-state index contributed by atoms with van der Waals surface area (Å²) in [6.07, 6.45) is 4.35. The largest absolute Gasteiger partial charge is 0.326 e. The molecule has 1 amide bonds. The summed E-state index contributed by atoms with van der Waals surface area (Å²) in [5.41, 5.74) is 3.69. The van der Waals surface area contributed by atoms with E-state index in [4.69, 9.17) is 0 Å². The molecule has 0 aliphatic carbocycles. The molecule has 4 nitrogen and oxygen atoms in total. The van der Waals surface area contributed by atoms with Gasteiger partial charge in [0, 0.05) is 39.2 Å². The van der Waals surface area contributed by atoms with Gasteiger partial charge in [0.25, 0.3) is 0 Å². The van der Waals surface area contributed by atoms with Gasteiger partial charge in [-0.25, -0.2) is 4.98 Å². The Hall–Kier alpha value is -2.57. The molecule has 0 unspecified atom stereocenters. The van der Waals surface area contributed by atoms with E-state index < -0.39 is 0 Å². The van der Waals surface area contributed by atoms with Gasteiger partial charge in [0.15, 0.2) is 4.96 Å². The predicted octanol–water partition coefficient (Wildman–Crippen LogP) is 5.74. The summed E-state index contributed by atoms with van der Waals surface area (Å²) in [6.45, 7) is 4.35. The Morgan fingerprint density at radius 2 is 2.04 bits per heavy atom. The third-order valence-corrected chi connectivity index (χ3v) is 5.98. The molecule has 0 aliphatic rings. The Balaban J connectivity index is 1.42. The second-order valence-corrected chi connectivity index (χ2v) is 9.36. The van der Waals surface area contributed by atoms with E-state index in [1.165, 1.54) is 4.90 Å². The molecule has 0 radical (unpaired) electrons. The Bertz CT molecular complexity index is 1070. The van der Waals surface area contributed by atoms with Gasteiger partial charge < -0.3 is 5.32 Å². The number of hydrogen-bond acceptors (Lipinski definition) is 4. The van der Waals surface area contributed by atoms with Crippen LogP contribution in [-0.2, 0) is 11.2 Å². The van der Waals surface area contributed by atoms with Gasteiger partial charge in [-0.2, -0.15) is 0 Å². The molecule has 4 rings (SSSR count). The molecule has 6 heteroatoms. The van der Waals surface area contributed by atoms with Crippen molar-refractivity contribution in [3.63, 3.8) is 0 Å². The van der Waals surface area contributed by atoms with Crippen LogP contribution in [0.15, 0.2) is 71.2 Å². The zero-order valence-corrected chi connectivity index (χ0v) is 17.4. The van der Waals surface area contributed by atoms with E-state index in [0.717, 1.165) is 27.5 Å². The summed E-state index contributed by atoms with van der Waals surface area (Å²) in [4.78, 5) is 19.3. The fourth-order valence-electron chi connectivity index (χ4n) is 2.97. The van der Waals surface area contributed by atoms with E-state index in [0.29, 0.717) is 11.7 Å². The maximum atomic E-state index is 12.5. The van der Waals surface area contributed by atoms with Crippen LogP contribution in [0.4, 0.5) is 5.69 Å². The number of carbonyl (C=O) groups excluding carboxylic acids is 1. The molecule has 0 saturated carbocycles. The van der Waals surface area contributed by atoms with Crippen molar-refractivity contribution in [3.8, 4) is 11.3 Å². The minimum Gasteiger partial charge on any atom is -0.326 e. The molecule has 0 fully saturated rings. The van der Waals surface area contributed by atoms with Crippen LogP contribution in [0.25, 0.3) is 16.2 Å². The van der Waals surface area contributed by atoms with Gasteiger partial charge in [-0.3, -0.25) is 9.20 Å². The van der Waals surface area contributed by atoms with Gasteiger partial charge >= 0.3 is 0 Å². The SMILES string of the molecule is CC(C)Sc1ccc(CC(=O)Nc2cccc(-c3cn4ccsc4n3)c2)cc1. The number of rotatable bonds is 6. The molecule has 0 saturated heterocycles. The topological polar surface area (TPSA) is 46.4 Å². The fourth-order valence-corrected chi connectivity index (χ4v) is 4.51. The average Bonchev–Trinajstić information content (AvgIpc) is 3.25. The van der Waals surface area contributed by atoms with Crippen LogP contribution in [0.3, 0.4) is 0 Å². The summed E-state index contributed by atoms with van der Waals surface area (Å²) in [7, 11) is 0. The van der Waals surface area contributed by atoms with Gasteiger partial charge in [-0.1, -0.05) is 38.1 Å². The lowest BCUT2D eigenvalue weighted by atomic mass is 10.1. The first kappa shape index (κ1) is 18.8. The van der Waals surface area contributed by atoms with E-state index in [1.54, 1.807) is 11.3 Å². The van der Waals surface area contributed by atoms with Gasteiger partial charge in [-0.15, -0.1) is 23.1 Å². The fraction of sp³-hybridized carbons (Fsp3) is 0.182. The monoisotopic (exact) mass is 407 g/mol. The number of thiazole rings is 1. The number of nitrogens with one attached hydrogen (secondary N) is 1. The third kappa shape index (κ3) is 4.46. The molecular weight excluding hydrogens is 386 g/mol. The highest BCUT2D eigenvalue weighted by Crippen LogP contribution is 2.25. The minimum atomic E-state index is -0.0211. The van der Waals surface area contributed by atoms with Crippen molar-refractivity contribution in [3.05, 3.63) is 71.9 Å². The van der Waals surface area contributed by atoms with Crippen molar-refractivity contribution in [1.29, 1.82) is 0 Å². The molecule has 2 heterocycles. The van der Waals surface area contributed by atoms with Crippen LogP contribution in [0.2, 0.25) is 0 Å². The minimum absolute atomic E-state index is 0.0211. The first-order valence-electron chi connectivity index (χ1n) is 9.15. The zero-order chi connectivity index (χ0) is 19.5. The molecular formula is C22H21N3OS2. The highest BCUT2D eigenvalue weighted by Gasteiger charge is 2.09. The Morgan fingerprint density at radius 3 is 2.79 bits per heavy atom. The predicted molar refractivity (Wildman–Crippen MR) is 118 cm³/mol. The van der Waals surface area contributed by atoms with Gasteiger partial charge in [-0.05, 0) is 29.8 Å². The highest BCUT2D eigenvalue weighted by atomic mass is 32.2. The lowest BCUT2D eigenvalue weighted by molar-refractivity contribution is -0.115. The van der Waals surface area contributed by atoms with E-state index in [-0.39, 0.29) is 5.91 Å². The van der Waals surface area contributed by atoms with E-state index in [2.05, 4.69) is 36.3 Å². The van der Waals surface area contributed by atoms with Gasteiger partial charge in [0.1, 0.15) is 0 Å². The van der Waals surface area contributed by atoms with E-state index in [1.807, 2.05) is 70.3 Å². The van der Waals surface area contributed by atoms with Gasteiger partial charge in [0.05, 0.1) is 12.1 Å². The molecule has 0 aliphatic heterocycles. The van der Waals surface area contributed by atoms with Crippen molar-refractivity contribution in [2.45, 2.75) is 30.4 Å². The maximum absolute atomic E-state index is 12.5. The Morgan fingerprint density at radius 1 is 1.21 bits per heavy atom. The molecule has 0 bridgehead atoms. The highest BCUT2D eigenvalue weighted by molar-refractivity contribution is 7.99. The summed E-state index contributed by atoms with van der Waals surface area (Å²) in [5.74, 6) is -0.0211. The molecule has 2 aromatic carbocycles. The zero-order valence-electron chi connectivity index (χ0n) is 15.8. The molecule has 4 aromatic rings. The van der Waals surface area contributed by atoms with Crippen molar-refractivity contribution in [1.82, 2.24) is 9.38 Å². The van der Waals surface area contributed by atoms with Crippen LogP contribution < -0.4 is 5.32 Å². The number of aromatic nitrogens is 2. The second-order valence-electron chi connectivity index (χ2n) is 6.84. The summed E-state index contributed by atoms with van der Waals surface area (Å²) in [5, 5.41) is 5.56. The van der Waals surface area contributed by atoms with Crippen LogP contribution in [0, 0.1) is 0 Å². The Kier molecular flexibility index (Phi) is 5.50. The molecule has 142 valence electrons. The molecule has 1 N–H and O–H groups in total. The summed E-state index contributed by atoms with van der Waals surface area (Å²) < 4.78 is 2.01. The van der Waals surface area contributed by atoms with Crippen LogP contribution in [0.1, 0.15) is 19.4 Å². The smallest absolute Gasteiger partial charge is 0.228 e. The lowest BCUT2D eigenvalue weighted by Crippen LogP contribution is -2.14. The number of thioether (sulfide) groups is 1. The molecule has 0 atom stereocenters. The van der Waals surface area contributed by atoms with Gasteiger partial charge in [0.2, 0.25) is 5.91 Å². The Labute approximate surface area is 172 Å². The first-order chi connectivity index (χ1) is 13.6. The average molecular weight is 408 g/mol. The quantitative estimate of drug-likeness (QED) is 0.414. The molecule has 0 spiro atoms. The van der Waals surface area contributed by atoms with Crippen LogP contribution in [-0.4, -0.2) is 20.5 Å². The van der Waals surface area contributed by atoms with Crippen molar-refractivity contribution in [2.24, 2.45) is 0 Å². The third-order valence-electron chi connectivity index (χ3n) is 4.20. The van der Waals surface area contributed by atoms with E-state index >= 15 is 0 Å². The number of imidazole rings is 1. The standard InChI is InChI=1S/C22H21N3OS2/c1-15(2)28-19-8-6-16(7-9-19)12-21(26)23-18-5-3-4-17(13-18)20-14-25-10-11-27-22(25)24-20/h3-11,13-15H,12H2,1-2H3,(H,23,26). The van der Waals surface area contributed by atoms with E-state index in [9.17, 15) is 4.79 Å². The van der Waals surface area contributed by atoms with Crippen molar-refractivity contribution >= 4 is 39.7 Å². The lowest BCUT2D eigenvalue weighted by Gasteiger charge is -2.08. The summed E-state index contributed by atoms with van der Waals surface area (Å²) >= 11 is 3.43. The number of hydrogen-bond donors (Lipinski definition) is 1. The summed E-state index contributed by atoms with van der Waals surface area (Å²) in [6, 6.07) is 16.0. The van der Waals surface area contributed by atoms with Crippen LogP contribution in [0.5, 0.6) is 0 Å². The number of anilines is 1. The van der Waals surface area contributed by atoms with Crippen LogP contribution >= 0.6 is 23.1 Å². The maximum Gasteiger partial charge on any atom is 0.228 e. The number of fused-ring (bicyclic) bond motifs is 1. The van der Waals surface area contributed by atoms with Crippen molar-refractivity contribution in [2.75, 3.05) is 5.32 Å². The normalized spacial score (nSPS) is 11.2. The number of benzene rings is 2. The first-order valence-corrected chi connectivity index (χ1v) is 10.9. The number of amides is 1. The molecule has 28 heavy (non-hydrogen) atoms. The van der Waals surface area contributed by atoms with Crippen molar-refractivity contribution < 1.29 is 4.79 Å². The molecule has 2 aromatic heterocycles. The second kappa shape index (κ2) is 8.20.